The summed E-state index contributed by atoms with van der Waals surface area (Å²) in [4.78, 5) is 23.9. The molecule has 0 aliphatic carbocycles. The summed E-state index contributed by atoms with van der Waals surface area (Å²) in [5.74, 6) is 1.66. The predicted octanol–water partition coefficient (Wildman–Crippen LogP) is 6.55. The van der Waals surface area contributed by atoms with Gasteiger partial charge >= 0.3 is 0 Å². The Morgan fingerprint density at radius 1 is 1.02 bits per heavy atom. The fraction of sp³-hybridized carbons (Fsp3) is 0.286. The molecular weight excluding hydrogens is 639 g/mol. The van der Waals surface area contributed by atoms with Gasteiger partial charge in [-0.1, -0.05) is 46.9 Å². The van der Waals surface area contributed by atoms with Gasteiger partial charge in [-0.25, -0.2) is 18.1 Å². The van der Waals surface area contributed by atoms with Crippen LogP contribution in [-0.4, -0.2) is 57.0 Å². The van der Waals surface area contributed by atoms with Crippen molar-refractivity contribution in [3.05, 3.63) is 79.8 Å². The second-order valence-corrected chi connectivity index (χ2v) is 13.2. The molecule has 0 saturated carbocycles. The van der Waals surface area contributed by atoms with Crippen molar-refractivity contribution in [2.75, 3.05) is 43.5 Å². The molecule has 226 valence electrons. The van der Waals surface area contributed by atoms with Crippen LogP contribution in [0.5, 0.6) is 11.5 Å². The SMILES string of the molecule is CN(C)c1nc(N2CCC(CNS(=O)(=O)c3cc(Cl)c(Oc4ccc([N+](=O)[O-])cc4Cl)c(Cl)c3)CC2)nc2ccccc12. The molecule has 2 heterocycles. The molecule has 0 spiro atoms. The number of benzene rings is 3. The van der Waals surface area contributed by atoms with E-state index in [1.54, 1.807) is 0 Å². The standard InChI is InChI=1S/C28H27Cl3N6O5S/c1-35(2)27-20-5-3-4-6-24(20)33-28(34-27)36-11-9-17(10-12-36)16-32-43(40,41)19-14-22(30)26(23(31)15-19)42-25-8-7-18(37(38)39)13-21(25)29/h3-8,13-15,17,32H,9-12,16H2,1-2H3. The summed E-state index contributed by atoms with van der Waals surface area (Å²) >= 11 is 18.8. The Bertz CT molecular complexity index is 1780. The summed E-state index contributed by atoms with van der Waals surface area (Å²) in [6.07, 6.45) is 1.50. The van der Waals surface area contributed by atoms with Crippen molar-refractivity contribution < 1.29 is 18.1 Å². The van der Waals surface area contributed by atoms with Crippen LogP contribution in [0.4, 0.5) is 17.5 Å². The summed E-state index contributed by atoms with van der Waals surface area (Å²) in [5.41, 5.74) is 0.656. The largest absolute Gasteiger partial charge is 0.453 e. The van der Waals surface area contributed by atoms with Gasteiger partial charge in [0.2, 0.25) is 16.0 Å². The minimum atomic E-state index is -3.94. The number of rotatable bonds is 9. The van der Waals surface area contributed by atoms with Gasteiger partial charge in [0.1, 0.15) is 11.6 Å². The van der Waals surface area contributed by atoms with Crippen molar-refractivity contribution in [2.24, 2.45) is 5.92 Å². The van der Waals surface area contributed by atoms with E-state index >= 15 is 0 Å². The molecule has 0 amide bonds. The molecule has 1 saturated heterocycles. The molecular formula is C28H27Cl3N6O5S. The number of aromatic nitrogens is 2. The van der Waals surface area contributed by atoms with Crippen LogP contribution in [-0.2, 0) is 10.0 Å². The highest BCUT2D eigenvalue weighted by Gasteiger charge is 2.26. The third-order valence-electron chi connectivity index (χ3n) is 7.07. The van der Waals surface area contributed by atoms with Crippen LogP contribution >= 0.6 is 34.8 Å². The Morgan fingerprint density at radius 3 is 2.33 bits per heavy atom. The van der Waals surface area contributed by atoms with Crippen LogP contribution in [0.1, 0.15) is 12.8 Å². The summed E-state index contributed by atoms with van der Waals surface area (Å²) < 4.78 is 34.6. The first-order valence-electron chi connectivity index (χ1n) is 13.2. The highest BCUT2D eigenvalue weighted by Crippen LogP contribution is 2.41. The monoisotopic (exact) mass is 664 g/mol. The van der Waals surface area contributed by atoms with Crippen molar-refractivity contribution in [3.8, 4) is 11.5 Å². The van der Waals surface area contributed by atoms with E-state index in [4.69, 9.17) is 49.5 Å². The first-order chi connectivity index (χ1) is 20.4. The van der Waals surface area contributed by atoms with Gasteiger partial charge in [0.05, 0.1) is 30.4 Å². The lowest BCUT2D eigenvalue weighted by Gasteiger charge is -2.32. The minimum Gasteiger partial charge on any atom is -0.453 e. The lowest BCUT2D eigenvalue weighted by Crippen LogP contribution is -2.39. The van der Waals surface area contributed by atoms with E-state index in [1.807, 2.05) is 43.3 Å². The average molecular weight is 666 g/mol. The second-order valence-electron chi connectivity index (χ2n) is 10.2. The maximum Gasteiger partial charge on any atom is 0.271 e. The van der Waals surface area contributed by atoms with Crippen molar-refractivity contribution >= 4 is 73.2 Å². The molecule has 11 nitrogen and oxygen atoms in total. The Kier molecular flexibility index (Phi) is 9.14. The van der Waals surface area contributed by atoms with Gasteiger partial charge in [-0.05, 0) is 49.1 Å². The maximum atomic E-state index is 13.1. The van der Waals surface area contributed by atoms with Gasteiger partial charge < -0.3 is 14.5 Å². The first-order valence-corrected chi connectivity index (χ1v) is 15.8. The van der Waals surface area contributed by atoms with Crippen molar-refractivity contribution in [2.45, 2.75) is 17.7 Å². The van der Waals surface area contributed by atoms with Gasteiger partial charge in [0, 0.05) is 51.2 Å². The number of para-hydroxylation sites is 1. The van der Waals surface area contributed by atoms with E-state index in [9.17, 15) is 18.5 Å². The smallest absolute Gasteiger partial charge is 0.271 e. The molecule has 3 aromatic carbocycles. The Balaban J connectivity index is 1.22. The normalized spacial score (nSPS) is 14.2. The van der Waals surface area contributed by atoms with Gasteiger partial charge in [-0.2, -0.15) is 4.98 Å². The highest BCUT2D eigenvalue weighted by atomic mass is 35.5. The van der Waals surface area contributed by atoms with E-state index in [-0.39, 0.29) is 49.6 Å². The van der Waals surface area contributed by atoms with E-state index in [0.717, 1.165) is 35.6 Å². The van der Waals surface area contributed by atoms with Crippen LogP contribution < -0.4 is 19.3 Å². The quantitative estimate of drug-likeness (QED) is 0.156. The van der Waals surface area contributed by atoms with Crippen LogP contribution in [0.15, 0.2) is 59.5 Å². The number of halogens is 3. The number of ether oxygens (including phenoxy) is 1. The molecule has 0 radical (unpaired) electrons. The second kappa shape index (κ2) is 12.7. The molecule has 0 atom stereocenters. The van der Waals surface area contributed by atoms with E-state index in [0.29, 0.717) is 19.0 Å². The number of sulfonamides is 1. The van der Waals surface area contributed by atoms with E-state index in [2.05, 4.69) is 9.62 Å². The number of fused-ring (bicyclic) bond motifs is 1. The molecule has 15 heteroatoms. The number of nitrogens with zero attached hydrogens (tertiary/aromatic N) is 5. The molecule has 1 aliphatic heterocycles. The zero-order valence-corrected chi connectivity index (χ0v) is 26.2. The molecule has 0 unspecified atom stereocenters. The molecule has 1 aliphatic rings. The topological polar surface area (TPSA) is 131 Å². The molecule has 43 heavy (non-hydrogen) atoms. The molecule has 1 aromatic heterocycles. The summed E-state index contributed by atoms with van der Waals surface area (Å²) in [6.45, 7) is 1.61. The third kappa shape index (κ3) is 6.89. The van der Waals surface area contributed by atoms with Crippen molar-refractivity contribution in [1.82, 2.24) is 14.7 Å². The zero-order valence-electron chi connectivity index (χ0n) is 23.1. The molecule has 4 aromatic rings. The van der Waals surface area contributed by atoms with Crippen LogP contribution in [0.3, 0.4) is 0 Å². The van der Waals surface area contributed by atoms with Crippen LogP contribution in [0.2, 0.25) is 15.1 Å². The average Bonchev–Trinajstić information content (AvgIpc) is 2.98. The van der Waals surface area contributed by atoms with Crippen LogP contribution in [0, 0.1) is 16.0 Å². The van der Waals surface area contributed by atoms with E-state index in [1.165, 1.54) is 24.3 Å². The predicted molar refractivity (Wildman–Crippen MR) is 169 cm³/mol. The Morgan fingerprint density at radius 2 is 1.70 bits per heavy atom. The maximum absolute atomic E-state index is 13.1. The number of piperidine rings is 1. The number of anilines is 2. The summed E-state index contributed by atoms with van der Waals surface area (Å²) in [7, 11) is -0.0404. The fourth-order valence-electron chi connectivity index (χ4n) is 4.76. The first kappa shape index (κ1) is 31.0. The van der Waals surface area contributed by atoms with Crippen molar-refractivity contribution in [3.63, 3.8) is 0 Å². The number of non-ortho nitro benzene ring substituents is 1. The summed E-state index contributed by atoms with van der Waals surface area (Å²) in [6, 6.07) is 14.0. The van der Waals surface area contributed by atoms with Gasteiger partial charge in [-0.15, -0.1) is 0 Å². The van der Waals surface area contributed by atoms with Crippen molar-refractivity contribution in [1.29, 1.82) is 0 Å². The third-order valence-corrected chi connectivity index (χ3v) is 9.33. The number of nitro groups is 1. The number of hydrogen-bond donors (Lipinski definition) is 1. The fourth-order valence-corrected chi connectivity index (χ4v) is 6.84. The molecule has 1 N–H and O–H groups in total. The number of nitro benzene ring substituents is 1. The lowest BCUT2D eigenvalue weighted by molar-refractivity contribution is -0.384. The zero-order chi connectivity index (χ0) is 30.9. The van der Waals surface area contributed by atoms with Gasteiger partial charge in [0.25, 0.3) is 5.69 Å². The molecule has 1 fully saturated rings. The number of hydrogen-bond acceptors (Lipinski definition) is 9. The molecule has 0 bridgehead atoms. The van der Waals surface area contributed by atoms with E-state index < -0.39 is 14.9 Å². The molecule has 5 rings (SSSR count). The minimum absolute atomic E-state index is 0.0289. The van der Waals surface area contributed by atoms with Gasteiger partial charge in [0.15, 0.2) is 5.75 Å². The van der Waals surface area contributed by atoms with Gasteiger partial charge in [-0.3, -0.25) is 10.1 Å². The van der Waals surface area contributed by atoms with Crippen LogP contribution in [0.25, 0.3) is 10.9 Å². The Labute approximate surface area is 263 Å². The lowest BCUT2D eigenvalue weighted by atomic mass is 9.97. The Hall–Kier alpha value is -3.42. The summed E-state index contributed by atoms with van der Waals surface area (Å²) in [5, 5.41) is 11.8. The number of nitrogens with one attached hydrogen (secondary N) is 1. The highest BCUT2D eigenvalue weighted by molar-refractivity contribution is 7.89.